The van der Waals surface area contributed by atoms with Crippen LogP contribution in [0.4, 0.5) is 34.1 Å². The van der Waals surface area contributed by atoms with E-state index in [1.807, 2.05) is 0 Å². The molecule has 4 heteroatoms. The fourth-order valence-electron chi connectivity index (χ4n) is 9.53. The van der Waals surface area contributed by atoms with Crippen molar-refractivity contribution in [2.24, 2.45) is 0 Å². The molecular formula is C57H46N2O2. The molecule has 0 spiro atoms. The van der Waals surface area contributed by atoms with Crippen LogP contribution < -0.4 is 9.80 Å². The summed E-state index contributed by atoms with van der Waals surface area (Å²) >= 11 is 0. The molecule has 9 aromatic carbocycles. The molecule has 0 saturated heterocycles. The van der Waals surface area contributed by atoms with Gasteiger partial charge in [-0.25, -0.2) is 0 Å². The molecule has 0 aliphatic heterocycles. The molecule has 0 saturated carbocycles. The summed E-state index contributed by atoms with van der Waals surface area (Å²) in [6.07, 6.45) is 0. The van der Waals surface area contributed by atoms with Gasteiger partial charge >= 0.3 is 0 Å². The highest BCUT2D eigenvalue weighted by atomic mass is 16.3. The number of nitrogens with zero attached hydrogens (tertiary/aromatic N) is 2. The number of fused-ring (bicyclic) bond motifs is 8. The summed E-state index contributed by atoms with van der Waals surface area (Å²) in [6, 6.07) is 55.0. The van der Waals surface area contributed by atoms with Gasteiger partial charge in [-0.15, -0.1) is 0 Å². The number of para-hydroxylation sites is 2. The van der Waals surface area contributed by atoms with E-state index in [-0.39, 0.29) is 0 Å². The molecule has 296 valence electrons. The molecular weight excluding hydrogens is 745 g/mol. The lowest BCUT2D eigenvalue weighted by Gasteiger charge is -2.29. The molecule has 0 unspecified atom stereocenters. The van der Waals surface area contributed by atoms with Crippen LogP contribution in [0.15, 0.2) is 160 Å². The van der Waals surface area contributed by atoms with Gasteiger partial charge in [0.1, 0.15) is 22.3 Å². The number of hydrogen-bond acceptors (Lipinski definition) is 4. The molecule has 0 atom stereocenters. The van der Waals surface area contributed by atoms with Crippen molar-refractivity contribution in [2.45, 2.75) is 48.5 Å². The van der Waals surface area contributed by atoms with Crippen LogP contribution in [0, 0.1) is 48.5 Å². The van der Waals surface area contributed by atoms with Gasteiger partial charge in [-0.1, -0.05) is 72.8 Å². The summed E-state index contributed by atoms with van der Waals surface area (Å²) in [6.45, 7) is 15.3. The minimum absolute atomic E-state index is 0.869. The molecule has 0 fully saturated rings. The third-order valence-corrected chi connectivity index (χ3v) is 13.2. The number of benzene rings is 9. The third-order valence-electron chi connectivity index (χ3n) is 13.2. The maximum Gasteiger partial charge on any atom is 0.139 e. The average molecular weight is 791 g/mol. The molecule has 0 amide bonds. The maximum atomic E-state index is 6.82. The number of hydrogen-bond donors (Lipinski definition) is 0. The van der Waals surface area contributed by atoms with Crippen LogP contribution in [0.25, 0.3) is 65.4 Å². The highest BCUT2D eigenvalue weighted by molar-refractivity contribution is 6.20. The summed E-state index contributed by atoms with van der Waals surface area (Å²) in [7, 11) is 0. The van der Waals surface area contributed by atoms with E-state index >= 15 is 0 Å². The quantitative estimate of drug-likeness (QED) is 0.168. The van der Waals surface area contributed by atoms with Crippen molar-refractivity contribution in [2.75, 3.05) is 9.80 Å². The predicted octanol–water partition coefficient (Wildman–Crippen LogP) is 16.9. The maximum absolute atomic E-state index is 6.82. The Morgan fingerprint density at radius 3 is 1.34 bits per heavy atom. The molecule has 2 heterocycles. The molecule has 0 bridgehead atoms. The van der Waals surface area contributed by atoms with Gasteiger partial charge in [0.05, 0.1) is 0 Å². The summed E-state index contributed by atoms with van der Waals surface area (Å²) in [5.74, 6) is 0. The lowest BCUT2D eigenvalue weighted by molar-refractivity contribution is 0.662. The van der Waals surface area contributed by atoms with Crippen molar-refractivity contribution in [3.05, 3.63) is 191 Å². The summed E-state index contributed by atoms with van der Waals surface area (Å²) < 4.78 is 13.6. The van der Waals surface area contributed by atoms with Gasteiger partial charge in [-0.3, -0.25) is 0 Å². The average Bonchev–Trinajstić information content (AvgIpc) is 3.81. The van der Waals surface area contributed by atoms with Gasteiger partial charge in [-0.2, -0.15) is 0 Å². The molecule has 2 aromatic heterocycles. The first-order chi connectivity index (χ1) is 29.6. The molecule has 0 aliphatic carbocycles. The smallest absolute Gasteiger partial charge is 0.139 e. The number of anilines is 6. The van der Waals surface area contributed by atoms with Gasteiger partial charge < -0.3 is 18.6 Å². The van der Waals surface area contributed by atoms with E-state index in [4.69, 9.17) is 8.83 Å². The number of rotatable bonds is 6. The monoisotopic (exact) mass is 790 g/mol. The zero-order chi connectivity index (χ0) is 41.7. The van der Waals surface area contributed by atoms with Crippen molar-refractivity contribution in [1.29, 1.82) is 0 Å². The van der Waals surface area contributed by atoms with E-state index < -0.39 is 0 Å². The second-order valence-electron chi connectivity index (χ2n) is 16.9. The van der Waals surface area contributed by atoms with Crippen molar-refractivity contribution in [1.82, 2.24) is 0 Å². The van der Waals surface area contributed by atoms with Gasteiger partial charge in [0.15, 0.2) is 0 Å². The first-order valence-corrected chi connectivity index (χ1v) is 21.2. The Morgan fingerprint density at radius 1 is 0.328 bits per heavy atom. The fraction of sp³-hybridized carbons (Fsp3) is 0.123. The Balaban J connectivity index is 1.04. The molecule has 0 radical (unpaired) electrons. The van der Waals surface area contributed by atoms with Gasteiger partial charge in [-0.05, 0) is 182 Å². The van der Waals surface area contributed by atoms with Crippen molar-refractivity contribution in [3.8, 4) is 0 Å². The molecule has 11 aromatic rings. The topological polar surface area (TPSA) is 32.8 Å². The Morgan fingerprint density at radius 2 is 0.803 bits per heavy atom. The molecule has 0 aliphatic rings. The van der Waals surface area contributed by atoms with Crippen molar-refractivity contribution < 1.29 is 8.83 Å². The SMILES string of the molecule is Cc1ccccc1N(c1ccc2cc3c(cc2c1)oc1c(C)c2c(cc13)oc1cc3cc(N(c4ccccc4C)c4cccc(C)c4C)ccc3cc12)c1cccc(C)c1C. The van der Waals surface area contributed by atoms with Crippen LogP contribution in [0.2, 0.25) is 0 Å². The standard InChI is InChI=1S/C57H46N2O2/c1-33-16-12-20-51(37(33)5)58(49-18-10-8-14-35(49)3)44-24-22-40-28-46-47-32-55-56(39(7)57(47)61-53(46)30-42(40)26-44)48-29-41-23-25-45(27-43(41)31-54(48)60-55)59(50-19-11-9-15-36(50)4)52-21-13-17-34(2)38(52)6/h8-32H,1-7H3. The van der Waals surface area contributed by atoms with E-state index in [0.29, 0.717) is 0 Å². The summed E-state index contributed by atoms with van der Waals surface area (Å²) in [5.41, 5.74) is 19.0. The Hall–Kier alpha value is -7.30. The lowest BCUT2D eigenvalue weighted by atomic mass is 9.99. The largest absolute Gasteiger partial charge is 0.456 e. The zero-order valence-corrected chi connectivity index (χ0v) is 35.6. The predicted molar refractivity (Wildman–Crippen MR) is 259 cm³/mol. The van der Waals surface area contributed by atoms with Crippen LogP contribution in [-0.4, -0.2) is 0 Å². The van der Waals surface area contributed by atoms with Gasteiger partial charge in [0, 0.05) is 61.2 Å². The second kappa shape index (κ2) is 13.9. The third kappa shape index (κ3) is 5.81. The highest BCUT2D eigenvalue weighted by Crippen LogP contribution is 2.45. The van der Waals surface area contributed by atoms with Crippen LogP contribution >= 0.6 is 0 Å². The minimum Gasteiger partial charge on any atom is -0.456 e. The van der Waals surface area contributed by atoms with E-state index in [1.165, 1.54) is 56.1 Å². The molecule has 61 heavy (non-hydrogen) atoms. The van der Waals surface area contributed by atoms with E-state index in [9.17, 15) is 0 Å². The first kappa shape index (κ1) is 36.8. The number of furan rings is 2. The van der Waals surface area contributed by atoms with E-state index in [2.05, 4.69) is 210 Å². The zero-order valence-electron chi connectivity index (χ0n) is 35.6. The highest BCUT2D eigenvalue weighted by Gasteiger charge is 2.22. The van der Waals surface area contributed by atoms with Crippen LogP contribution in [0.1, 0.15) is 38.9 Å². The number of aryl methyl sites for hydroxylation is 5. The first-order valence-electron chi connectivity index (χ1n) is 21.2. The normalized spacial score (nSPS) is 11.9. The van der Waals surface area contributed by atoms with Gasteiger partial charge in [0.25, 0.3) is 0 Å². The Bertz CT molecular complexity index is 3470. The van der Waals surface area contributed by atoms with E-state index in [0.717, 1.165) is 82.4 Å². The Labute approximate surface area is 355 Å². The molecule has 4 nitrogen and oxygen atoms in total. The minimum atomic E-state index is 0.869. The fourth-order valence-corrected chi connectivity index (χ4v) is 9.53. The molecule has 11 rings (SSSR count). The van der Waals surface area contributed by atoms with Crippen molar-refractivity contribution >= 4 is 99.5 Å². The second-order valence-corrected chi connectivity index (χ2v) is 16.9. The van der Waals surface area contributed by atoms with Crippen molar-refractivity contribution in [3.63, 3.8) is 0 Å². The molecule has 0 N–H and O–H groups in total. The van der Waals surface area contributed by atoms with Crippen LogP contribution in [0.3, 0.4) is 0 Å². The van der Waals surface area contributed by atoms with Crippen LogP contribution in [0.5, 0.6) is 0 Å². The van der Waals surface area contributed by atoms with E-state index in [1.54, 1.807) is 0 Å². The lowest BCUT2D eigenvalue weighted by Crippen LogP contribution is -2.13. The van der Waals surface area contributed by atoms with Gasteiger partial charge in [0.2, 0.25) is 0 Å². The Kier molecular flexibility index (Phi) is 8.37. The van der Waals surface area contributed by atoms with Crippen LogP contribution in [-0.2, 0) is 0 Å². The summed E-state index contributed by atoms with van der Waals surface area (Å²) in [5, 5.41) is 8.93. The summed E-state index contributed by atoms with van der Waals surface area (Å²) in [4.78, 5) is 4.78.